The Balaban J connectivity index is 0.854. The van der Waals surface area contributed by atoms with Crippen LogP contribution in [-0.2, 0) is 13.0 Å². The van der Waals surface area contributed by atoms with Gasteiger partial charge in [-0.15, -0.1) is 11.3 Å². The maximum atomic E-state index is 13.5. The molecule has 14 rings (SSSR count). The highest BCUT2D eigenvalue weighted by atomic mass is 32.1. The van der Waals surface area contributed by atoms with E-state index in [-0.39, 0.29) is 5.91 Å². The zero-order chi connectivity index (χ0) is 50.0. The Kier molecular flexibility index (Phi) is 11.0. The molecule has 1 aliphatic heterocycles. The summed E-state index contributed by atoms with van der Waals surface area (Å²) in [6.07, 6.45) is 14.6. The Labute approximate surface area is 437 Å². The lowest BCUT2D eigenvalue weighted by molar-refractivity contribution is 0.102. The summed E-state index contributed by atoms with van der Waals surface area (Å²) in [5, 5.41) is 27.8. The molecule has 0 unspecified atom stereocenters. The van der Waals surface area contributed by atoms with Gasteiger partial charge in [-0.25, -0.2) is 9.97 Å². The summed E-state index contributed by atoms with van der Waals surface area (Å²) in [6.45, 7) is 5.31. The molecule has 9 aromatic heterocycles. The van der Waals surface area contributed by atoms with Crippen molar-refractivity contribution < 1.29 is 4.79 Å². The number of carbonyl (C=O) groups excluding carboxylic acids is 1. The molecule has 0 saturated carbocycles. The highest BCUT2D eigenvalue weighted by molar-refractivity contribution is 7.14. The number of benzene rings is 4. The van der Waals surface area contributed by atoms with Crippen LogP contribution in [0.15, 0.2) is 150 Å². The number of fused-ring (bicyclic) bond motifs is 4. The molecule has 16 heteroatoms. The molecule has 1 fully saturated rings. The number of nitrogens with zero attached hydrogens (tertiary/aromatic N) is 8. The van der Waals surface area contributed by atoms with Gasteiger partial charge in [0, 0.05) is 80.5 Å². The number of amides is 1. The second-order valence-corrected chi connectivity index (χ2v) is 20.7. The minimum atomic E-state index is -0.168. The van der Waals surface area contributed by atoms with E-state index in [1.54, 1.807) is 28.9 Å². The number of rotatable bonds is 12. The van der Waals surface area contributed by atoms with Crippen LogP contribution in [0.3, 0.4) is 0 Å². The number of nitrogens with one attached hydrogen (secondary N) is 5. The van der Waals surface area contributed by atoms with Crippen LogP contribution >= 0.6 is 22.7 Å². The maximum Gasteiger partial charge on any atom is 0.255 e. The number of pyridine rings is 3. The maximum absolute atomic E-state index is 13.5. The summed E-state index contributed by atoms with van der Waals surface area (Å²) >= 11 is 3.28. The SMILES string of the molecule is CCc1cc(NC(=O)c2ccccc2)cc(-c2cc(-c3cc(-c4cncc5[nH]c(-c6n[nH]c7ccc(-c8cncc(CN9CCCC9)c8)cc67)nc45)cs3)c3[nH]nc(-c4nc5c(-c6ccsc6)cncc5[nH]4)c3c2)c1. The third kappa shape index (κ3) is 8.25. The van der Waals surface area contributed by atoms with Crippen molar-refractivity contribution in [3.05, 3.63) is 167 Å². The quantitative estimate of drug-likeness (QED) is 0.0794. The number of hydrogen-bond donors (Lipinski definition) is 5. The third-order valence-electron chi connectivity index (χ3n) is 14.2. The molecule has 364 valence electrons. The number of aromatic nitrogens is 11. The van der Waals surface area contributed by atoms with E-state index in [9.17, 15) is 4.79 Å². The van der Waals surface area contributed by atoms with Gasteiger partial charge in [-0.1, -0.05) is 37.3 Å². The molecule has 0 aliphatic carbocycles. The molecule has 1 aliphatic rings. The van der Waals surface area contributed by atoms with Gasteiger partial charge in [0.05, 0.1) is 34.5 Å². The normalized spacial score (nSPS) is 13.0. The second kappa shape index (κ2) is 18.5. The first-order chi connectivity index (χ1) is 37.0. The van der Waals surface area contributed by atoms with Crippen LogP contribution in [0, 0.1) is 0 Å². The molecule has 75 heavy (non-hydrogen) atoms. The molecule has 0 atom stereocenters. The smallest absolute Gasteiger partial charge is 0.255 e. The number of carbonyl (C=O) groups is 1. The molecule has 0 bridgehead atoms. The number of aromatic amines is 4. The van der Waals surface area contributed by atoms with Gasteiger partial charge in [-0.05, 0) is 154 Å². The number of thiophene rings is 2. The lowest BCUT2D eigenvalue weighted by Crippen LogP contribution is -2.18. The molecule has 1 saturated heterocycles. The molecule has 13 aromatic rings. The zero-order valence-corrected chi connectivity index (χ0v) is 42.1. The summed E-state index contributed by atoms with van der Waals surface area (Å²) in [4.78, 5) is 48.4. The number of aryl methyl sites for hydroxylation is 1. The van der Waals surface area contributed by atoms with Crippen LogP contribution in [0.5, 0.6) is 0 Å². The number of hydrogen-bond acceptors (Lipinski definition) is 11. The highest BCUT2D eigenvalue weighted by Crippen LogP contribution is 2.43. The lowest BCUT2D eigenvalue weighted by atomic mass is 9.96. The van der Waals surface area contributed by atoms with E-state index in [1.807, 2.05) is 73.4 Å². The summed E-state index contributed by atoms with van der Waals surface area (Å²) in [6, 6.07) is 32.8. The Morgan fingerprint density at radius 1 is 0.613 bits per heavy atom. The Bertz CT molecular complexity index is 4290. The third-order valence-corrected chi connectivity index (χ3v) is 15.9. The van der Waals surface area contributed by atoms with E-state index in [0.29, 0.717) is 28.6 Å². The average Bonchev–Trinajstić information content (AvgIpc) is 4.34. The number of likely N-dealkylation sites (tertiary alicyclic amines) is 1. The first-order valence-electron chi connectivity index (χ1n) is 24.9. The fraction of sp³-hybridized carbons (Fsp3) is 0.119. The monoisotopic (exact) mass is 1020 g/mol. The Morgan fingerprint density at radius 2 is 1.33 bits per heavy atom. The molecular weight excluding hydrogens is 971 g/mol. The van der Waals surface area contributed by atoms with Crippen molar-refractivity contribution in [2.24, 2.45) is 0 Å². The topological polar surface area (TPSA) is 186 Å². The van der Waals surface area contributed by atoms with Crippen LogP contribution in [-0.4, -0.2) is 79.2 Å². The molecule has 1 amide bonds. The standard InChI is InChI=1S/C59H45N13OS2/c1-2-33-16-38(19-42(18-33)63-59(73)35-8-4-3-5-9-35)39-21-44(52-45(22-39)56(71-69-52)58-65-49-28-61-26-46(53(49)66-58)37-12-15-74-31-37)51-23-41(32-75-51)47-27-62-29-50-54(47)67-57(64-50)55-43-20-36(10-11-48(43)68-70-55)40-17-34(24-60-25-40)30-72-13-6-7-14-72/h3-5,8-12,15-29,31-32H,2,6-7,13-14,30H2,1H3,(H,63,73)(H,64,67)(H,65,66)(H,68,70)(H,69,71). The van der Waals surface area contributed by atoms with Crippen molar-refractivity contribution in [1.29, 1.82) is 0 Å². The van der Waals surface area contributed by atoms with Crippen molar-refractivity contribution in [1.82, 2.24) is 60.2 Å². The highest BCUT2D eigenvalue weighted by Gasteiger charge is 2.23. The van der Waals surface area contributed by atoms with Gasteiger partial charge in [0.15, 0.2) is 11.6 Å². The van der Waals surface area contributed by atoms with Gasteiger partial charge in [-0.2, -0.15) is 21.5 Å². The minimum absolute atomic E-state index is 0.168. The minimum Gasteiger partial charge on any atom is -0.335 e. The summed E-state index contributed by atoms with van der Waals surface area (Å²) in [7, 11) is 0. The average molecular weight is 1020 g/mol. The predicted molar refractivity (Wildman–Crippen MR) is 301 cm³/mol. The van der Waals surface area contributed by atoms with Gasteiger partial charge >= 0.3 is 0 Å². The second-order valence-electron chi connectivity index (χ2n) is 19.1. The summed E-state index contributed by atoms with van der Waals surface area (Å²) in [5.41, 5.74) is 18.9. The van der Waals surface area contributed by atoms with Crippen LogP contribution in [0.25, 0.3) is 122 Å². The molecule has 0 spiro atoms. The fourth-order valence-electron chi connectivity index (χ4n) is 10.4. The number of H-pyrrole nitrogens is 4. The van der Waals surface area contributed by atoms with Crippen LogP contribution in [0.1, 0.15) is 41.3 Å². The predicted octanol–water partition coefficient (Wildman–Crippen LogP) is 13.6. The van der Waals surface area contributed by atoms with Crippen LogP contribution in [0.2, 0.25) is 0 Å². The van der Waals surface area contributed by atoms with Gasteiger partial charge in [0.2, 0.25) is 0 Å². The number of anilines is 1. The van der Waals surface area contributed by atoms with Crippen LogP contribution < -0.4 is 5.32 Å². The first-order valence-corrected chi connectivity index (χ1v) is 26.8. The Hall–Kier alpha value is -8.96. The van der Waals surface area contributed by atoms with Crippen molar-refractivity contribution in [3.8, 4) is 78.0 Å². The van der Waals surface area contributed by atoms with Crippen LogP contribution in [0.4, 0.5) is 5.69 Å². The van der Waals surface area contributed by atoms with Crippen molar-refractivity contribution in [3.63, 3.8) is 0 Å². The summed E-state index contributed by atoms with van der Waals surface area (Å²) < 4.78 is 0. The fourth-order valence-corrected chi connectivity index (χ4v) is 12.0. The molecule has 5 N–H and O–H groups in total. The van der Waals surface area contributed by atoms with E-state index >= 15 is 0 Å². The van der Waals surface area contributed by atoms with E-state index in [4.69, 9.17) is 25.1 Å². The number of imidazole rings is 2. The molecule has 0 radical (unpaired) electrons. The van der Waals surface area contributed by atoms with Gasteiger partial charge in [0.25, 0.3) is 5.91 Å². The van der Waals surface area contributed by atoms with Gasteiger partial charge in [-0.3, -0.25) is 34.8 Å². The largest absolute Gasteiger partial charge is 0.335 e. The summed E-state index contributed by atoms with van der Waals surface area (Å²) in [5.74, 6) is 1.11. The Morgan fingerprint density at radius 3 is 2.11 bits per heavy atom. The van der Waals surface area contributed by atoms with E-state index in [1.165, 1.54) is 18.4 Å². The molecule has 4 aromatic carbocycles. The molecule has 10 heterocycles. The van der Waals surface area contributed by atoms with Gasteiger partial charge in [0.1, 0.15) is 22.4 Å². The lowest BCUT2D eigenvalue weighted by Gasteiger charge is -2.14. The van der Waals surface area contributed by atoms with E-state index in [2.05, 4.69) is 118 Å². The van der Waals surface area contributed by atoms with E-state index < -0.39 is 0 Å². The molecule has 14 nitrogen and oxygen atoms in total. The zero-order valence-electron chi connectivity index (χ0n) is 40.5. The van der Waals surface area contributed by atoms with Crippen molar-refractivity contribution in [2.45, 2.75) is 32.7 Å². The van der Waals surface area contributed by atoms with Crippen molar-refractivity contribution >= 4 is 78.1 Å². The molecular formula is C59H45N13OS2. The van der Waals surface area contributed by atoms with Gasteiger partial charge < -0.3 is 15.3 Å². The van der Waals surface area contributed by atoms with E-state index in [0.717, 1.165) is 136 Å². The first kappa shape index (κ1) is 44.7. The van der Waals surface area contributed by atoms with Crippen molar-refractivity contribution in [2.75, 3.05) is 18.4 Å².